The van der Waals surface area contributed by atoms with Gasteiger partial charge in [0.25, 0.3) is 0 Å². The second-order valence-electron chi connectivity index (χ2n) is 5.65. The molecule has 1 aliphatic carbocycles. The molecule has 0 spiro atoms. The zero-order valence-electron chi connectivity index (χ0n) is 11.2. The van der Waals surface area contributed by atoms with E-state index in [4.69, 9.17) is 5.73 Å². The summed E-state index contributed by atoms with van der Waals surface area (Å²) in [5, 5.41) is 12.0. The van der Waals surface area contributed by atoms with E-state index in [1.165, 1.54) is 0 Å². The Morgan fingerprint density at radius 1 is 1.33 bits per heavy atom. The van der Waals surface area contributed by atoms with E-state index in [-0.39, 0.29) is 18.4 Å². The van der Waals surface area contributed by atoms with Gasteiger partial charge >= 0.3 is 5.97 Å². The molecular weight excluding hydrogens is 232 g/mol. The van der Waals surface area contributed by atoms with Crippen molar-refractivity contribution >= 4 is 11.9 Å². The first kappa shape index (κ1) is 15.0. The van der Waals surface area contributed by atoms with Crippen LogP contribution in [0.15, 0.2) is 0 Å². The zero-order valence-corrected chi connectivity index (χ0v) is 11.2. The molecular formula is C13H24N2O3. The lowest BCUT2D eigenvalue weighted by Gasteiger charge is -2.28. The lowest BCUT2D eigenvalue weighted by Crippen LogP contribution is -2.55. The van der Waals surface area contributed by atoms with Crippen LogP contribution in [0.25, 0.3) is 0 Å². The van der Waals surface area contributed by atoms with E-state index < -0.39 is 11.5 Å². The van der Waals surface area contributed by atoms with Crippen LogP contribution < -0.4 is 11.1 Å². The molecule has 1 amide bonds. The van der Waals surface area contributed by atoms with Gasteiger partial charge in [-0.1, -0.05) is 26.7 Å². The molecule has 104 valence electrons. The van der Waals surface area contributed by atoms with E-state index in [0.29, 0.717) is 25.2 Å². The Morgan fingerprint density at radius 3 is 2.28 bits per heavy atom. The van der Waals surface area contributed by atoms with Crippen molar-refractivity contribution in [1.82, 2.24) is 5.32 Å². The molecule has 0 aromatic carbocycles. The molecule has 1 atom stereocenters. The third-order valence-electron chi connectivity index (χ3n) is 3.64. The minimum absolute atomic E-state index is 0.212. The number of nitrogens with two attached hydrogens (primary N) is 1. The molecule has 0 radical (unpaired) electrons. The molecule has 0 aromatic rings. The van der Waals surface area contributed by atoms with Crippen LogP contribution >= 0.6 is 0 Å². The maximum atomic E-state index is 12.1. The van der Waals surface area contributed by atoms with Crippen molar-refractivity contribution < 1.29 is 14.7 Å². The van der Waals surface area contributed by atoms with Crippen molar-refractivity contribution in [3.05, 3.63) is 0 Å². The number of aliphatic carboxylic acids is 1. The number of carboxylic acids is 1. The molecule has 0 bridgehead atoms. The monoisotopic (exact) mass is 256 g/mol. The van der Waals surface area contributed by atoms with Crippen LogP contribution in [-0.4, -0.2) is 29.1 Å². The zero-order chi connectivity index (χ0) is 13.8. The molecule has 1 unspecified atom stereocenters. The minimum Gasteiger partial charge on any atom is -0.480 e. The Hall–Kier alpha value is -1.10. The molecule has 1 rings (SSSR count). The first-order chi connectivity index (χ1) is 8.41. The van der Waals surface area contributed by atoms with Crippen LogP contribution in [-0.2, 0) is 9.59 Å². The summed E-state index contributed by atoms with van der Waals surface area (Å²) < 4.78 is 0. The molecule has 5 heteroatoms. The molecule has 0 saturated heterocycles. The third-order valence-corrected chi connectivity index (χ3v) is 3.64. The Kier molecular flexibility index (Phi) is 5.14. The largest absolute Gasteiger partial charge is 0.480 e. The van der Waals surface area contributed by atoms with Crippen LogP contribution in [0, 0.1) is 11.8 Å². The molecule has 0 aromatic heterocycles. The van der Waals surface area contributed by atoms with E-state index >= 15 is 0 Å². The number of carboxylic acid groups (broad SMARTS) is 1. The van der Waals surface area contributed by atoms with Gasteiger partial charge in [0.05, 0.1) is 5.92 Å². The summed E-state index contributed by atoms with van der Waals surface area (Å²) >= 11 is 0. The fraction of sp³-hybridized carbons (Fsp3) is 0.846. The minimum atomic E-state index is -1.05. The predicted molar refractivity (Wildman–Crippen MR) is 69.0 cm³/mol. The molecule has 4 N–H and O–H groups in total. The Labute approximate surface area is 108 Å². The van der Waals surface area contributed by atoms with Gasteiger partial charge in [-0.3, -0.25) is 4.79 Å². The molecule has 1 saturated carbocycles. The average Bonchev–Trinajstić information content (AvgIpc) is 2.75. The highest BCUT2D eigenvalue weighted by Gasteiger charge is 2.43. The molecule has 18 heavy (non-hydrogen) atoms. The molecule has 0 aliphatic heterocycles. The Balaban J connectivity index is 2.68. The fourth-order valence-electron chi connectivity index (χ4n) is 2.59. The number of carbonyl (C=O) groups is 2. The summed E-state index contributed by atoms with van der Waals surface area (Å²) in [4.78, 5) is 23.5. The van der Waals surface area contributed by atoms with Crippen LogP contribution in [0.3, 0.4) is 0 Å². The van der Waals surface area contributed by atoms with Crippen molar-refractivity contribution in [2.45, 2.75) is 51.5 Å². The lowest BCUT2D eigenvalue weighted by atomic mass is 9.92. The maximum Gasteiger partial charge on any atom is 0.329 e. The predicted octanol–water partition coefficient (Wildman–Crippen LogP) is 1.12. The second-order valence-corrected chi connectivity index (χ2v) is 5.65. The topological polar surface area (TPSA) is 92.4 Å². The van der Waals surface area contributed by atoms with E-state index in [1.807, 2.05) is 13.8 Å². The summed E-state index contributed by atoms with van der Waals surface area (Å²) in [6, 6.07) is 0. The fourth-order valence-corrected chi connectivity index (χ4v) is 2.59. The highest BCUT2D eigenvalue weighted by Crippen LogP contribution is 2.30. The number of rotatable bonds is 6. The van der Waals surface area contributed by atoms with E-state index in [0.717, 1.165) is 12.8 Å². The number of amides is 1. The van der Waals surface area contributed by atoms with E-state index in [1.54, 1.807) is 0 Å². The van der Waals surface area contributed by atoms with Gasteiger partial charge in [0.1, 0.15) is 5.54 Å². The standard InChI is InChI=1S/C13H24N2O3/c1-9(2)7-10(8-14)11(16)15-13(12(17)18)5-3-4-6-13/h9-10H,3-8,14H2,1-2H3,(H,15,16)(H,17,18). The highest BCUT2D eigenvalue weighted by atomic mass is 16.4. The average molecular weight is 256 g/mol. The third kappa shape index (κ3) is 3.45. The van der Waals surface area contributed by atoms with Crippen LogP contribution in [0.1, 0.15) is 46.0 Å². The van der Waals surface area contributed by atoms with Gasteiger partial charge in [0, 0.05) is 6.54 Å². The molecule has 0 heterocycles. The van der Waals surface area contributed by atoms with Gasteiger partial charge in [0.2, 0.25) is 5.91 Å². The summed E-state index contributed by atoms with van der Waals surface area (Å²) in [6.45, 7) is 4.32. The number of hydrogen-bond donors (Lipinski definition) is 3. The van der Waals surface area contributed by atoms with E-state index in [2.05, 4.69) is 5.32 Å². The van der Waals surface area contributed by atoms with Crippen molar-refractivity contribution in [1.29, 1.82) is 0 Å². The maximum absolute atomic E-state index is 12.1. The van der Waals surface area contributed by atoms with Gasteiger partial charge in [0.15, 0.2) is 0 Å². The summed E-state index contributed by atoms with van der Waals surface area (Å²) in [5.74, 6) is -1.06. The summed E-state index contributed by atoms with van der Waals surface area (Å²) in [7, 11) is 0. The molecule has 1 fully saturated rings. The quantitative estimate of drug-likeness (QED) is 0.664. The molecule has 1 aliphatic rings. The SMILES string of the molecule is CC(C)CC(CN)C(=O)NC1(C(=O)O)CCCC1. The first-order valence-electron chi connectivity index (χ1n) is 6.67. The van der Waals surface area contributed by atoms with Crippen molar-refractivity contribution in [3.63, 3.8) is 0 Å². The molecule has 5 nitrogen and oxygen atoms in total. The normalized spacial score (nSPS) is 19.8. The van der Waals surface area contributed by atoms with Gasteiger partial charge in [-0.05, 0) is 25.2 Å². The van der Waals surface area contributed by atoms with Crippen LogP contribution in [0.2, 0.25) is 0 Å². The summed E-state index contributed by atoms with van der Waals surface area (Å²) in [6.07, 6.45) is 3.44. The summed E-state index contributed by atoms with van der Waals surface area (Å²) in [5.41, 5.74) is 4.55. The van der Waals surface area contributed by atoms with Gasteiger partial charge in [-0.25, -0.2) is 4.79 Å². The Morgan fingerprint density at radius 2 is 1.89 bits per heavy atom. The second kappa shape index (κ2) is 6.18. The Bertz CT molecular complexity index is 309. The van der Waals surface area contributed by atoms with Gasteiger partial charge in [-0.2, -0.15) is 0 Å². The number of nitrogens with one attached hydrogen (secondary N) is 1. The van der Waals surface area contributed by atoms with E-state index in [9.17, 15) is 14.7 Å². The number of hydrogen-bond acceptors (Lipinski definition) is 3. The highest BCUT2D eigenvalue weighted by molar-refractivity contribution is 5.88. The van der Waals surface area contributed by atoms with Crippen LogP contribution in [0.5, 0.6) is 0 Å². The van der Waals surface area contributed by atoms with Crippen molar-refractivity contribution in [3.8, 4) is 0 Å². The number of carbonyl (C=O) groups excluding carboxylic acids is 1. The first-order valence-corrected chi connectivity index (χ1v) is 6.67. The van der Waals surface area contributed by atoms with Crippen molar-refractivity contribution in [2.75, 3.05) is 6.54 Å². The van der Waals surface area contributed by atoms with Gasteiger partial charge in [-0.15, -0.1) is 0 Å². The van der Waals surface area contributed by atoms with Gasteiger partial charge < -0.3 is 16.2 Å². The van der Waals surface area contributed by atoms with Crippen molar-refractivity contribution in [2.24, 2.45) is 17.6 Å². The van der Waals surface area contributed by atoms with Crippen LogP contribution in [0.4, 0.5) is 0 Å². The lowest BCUT2D eigenvalue weighted by molar-refractivity contribution is -0.148. The smallest absolute Gasteiger partial charge is 0.329 e.